The Kier molecular flexibility index (Phi) is 5.23. The normalized spacial score (nSPS) is 42.7. The third-order valence-corrected chi connectivity index (χ3v) is 6.17. The molecule has 3 aliphatic rings. The molecule has 2 aliphatic heterocycles. The van der Waals surface area contributed by atoms with Crippen molar-refractivity contribution in [1.29, 1.82) is 0 Å². The fraction of sp³-hybridized carbons (Fsp3) is 1.00. The number of nitrogens with zero attached hydrogens (tertiary/aromatic N) is 2. The van der Waals surface area contributed by atoms with Crippen LogP contribution in [0.1, 0.15) is 52.9 Å². The Bertz CT molecular complexity index is 326. The average Bonchev–Trinajstić information content (AvgIpc) is 3.08. The van der Waals surface area contributed by atoms with Gasteiger partial charge in [0, 0.05) is 31.2 Å². The summed E-state index contributed by atoms with van der Waals surface area (Å²) >= 11 is 0. The lowest BCUT2D eigenvalue weighted by Gasteiger charge is -2.45. The summed E-state index contributed by atoms with van der Waals surface area (Å²) < 4.78 is 0. The second-order valence-electron chi connectivity index (χ2n) is 7.89. The molecule has 1 aliphatic carbocycles. The lowest BCUT2D eigenvalue weighted by atomic mass is 9.76. The Morgan fingerprint density at radius 1 is 1.00 bits per heavy atom. The summed E-state index contributed by atoms with van der Waals surface area (Å²) in [5.41, 5.74) is 0. The van der Waals surface area contributed by atoms with E-state index >= 15 is 0 Å². The zero-order valence-corrected chi connectivity index (χ0v) is 14.4. The van der Waals surface area contributed by atoms with Crippen molar-refractivity contribution < 1.29 is 0 Å². The molecule has 0 aromatic carbocycles. The van der Waals surface area contributed by atoms with Gasteiger partial charge in [-0.15, -0.1) is 0 Å². The van der Waals surface area contributed by atoms with Crippen LogP contribution in [0.25, 0.3) is 0 Å². The largest absolute Gasteiger partial charge is 0.313 e. The highest BCUT2D eigenvalue weighted by Gasteiger charge is 2.41. The Balaban J connectivity index is 1.63. The van der Waals surface area contributed by atoms with E-state index in [1.54, 1.807) is 0 Å². The standard InChI is InChI=1S/C18H35N3/c1-4-19-17-12-14(2)11-15(3)18(17)21-10-7-16(13-21)20-8-5-6-9-20/h14-19H,4-13H2,1-3H3. The molecule has 3 heteroatoms. The fourth-order valence-corrected chi connectivity index (χ4v) is 5.36. The summed E-state index contributed by atoms with van der Waals surface area (Å²) in [4.78, 5) is 5.60. The quantitative estimate of drug-likeness (QED) is 0.859. The number of hydrogen-bond donors (Lipinski definition) is 1. The van der Waals surface area contributed by atoms with Crippen molar-refractivity contribution in [3.8, 4) is 0 Å². The maximum Gasteiger partial charge on any atom is 0.0275 e. The maximum atomic E-state index is 3.80. The molecule has 3 nitrogen and oxygen atoms in total. The van der Waals surface area contributed by atoms with Gasteiger partial charge >= 0.3 is 0 Å². The van der Waals surface area contributed by atoms with E-state index < -0.39 is 0 Å². The average molecular weight is 293 g/mol. The molecule has 3 rings (SSSR count). The number of hydrogen-bond acceptors (Lipinski definition) is 3. The Morgan fingerprint density at radius 3 is 2.48 bits per heavy atom. The Hall–Kier alpha value is -0.120. The Morgan fingerprint density at radius 2 is 1.76 bits per heavy atom. The molecule has 3 fully saturated rings. The van der Waals surface area contributed by atoms with Crippen molar-refractivity contribution >= 4 is 0 Å². The number of nitrogens with one attached hydrogen (secondary N) is 1. The van der Waals surface area contributed by atoms with Crippen molar-refractivity contribution in [1.82, 2.24) is 15.1 Å². The van der Waals surface area contributed by atoms with Gasteiger partial charge in [-0.3, -0.25) is 9.80 Å². The monoisotopic (exact) mass is 293 g/mol. The Labute approximate surface area is 131 Å². The van der Waals surface area contributed by atoms with Crippen LogP contribution in [0.3, 0.4) is 0 Å². The van der Waals surface area contributed by atoms with E-state index in [2.05, 4.69) is 35.9 Å². The van der Waals surface area contributed by atoms with Gasteiger partial charge in [0.05, 0.1) is 0 Å². The predicted octanol–water partition coefficient (Wildman–Crippen LogP) is 2.57. The van der Waals surface area contributed by atoms with Gasteiger partial charge in [-0.2, -0.15) is 0 Å². The summed E-state index contributed by atoms with van der Waals surface area (Å²) in [6.45, 7) is 13.7. The van der Waals surface area contributed by atoms with Crippen LogP contribution in [-0.4, -0.2) is 60.6 Å². The van der Waals surface area contributed by atoms with E-state index in [4.69, 9.17) is 0 Å². The second-order valence-corrected chi connectivity index (χ2v) is 7.89. The summed E-state index contributed by atoms with van der Waals surface area (Å²) in [6, 6.07) is 2.33. The van der Waals surface area contributed by atoms with Crippen molar-refractivity contribution in [2.45, 2.75) is 71.0 Å². The van der Waals surface area contributed by atoms with E-state index in [1.807, 2.05) is 0 Å². The molecule has 0 spiro atoms. The lowest BCUT2D eigenvalue weighted by Crippen LogP contribution is -2.56. The third-order valence-electron chi connectivity index (χ3n) is 6.17. The highest BCUT2D eigenvalue weighted by atomic mass is 15.3. The van der Waals surface area contributed by atoms with Gasteiger partial charge in [-0.1, -0.05) is 20.8 Å². The first kappa shape index (κ1) is 15.8. The van der Waals surface area contributed by atoms with Gasteiger partial charge < -0.3 is 5.32 Å². The molecule has 2 saturated heterocycles. The molecule has 122 valence electrons. The molecule has 1 N–H and O–H groups in total. The van der Waals surface area contributed by atoms with Gasteiger partial charge in [-0.25, -0.2) is 0 Å². The SMILES string of the molecule is CCNC1CC(C)CC(C)C1N1CCC(N2CCCC2)C1. The van der Waals surface area contributed by atoms with E-state index in [9.17, 15) is 0 Å². The lowest BCUT2D eigenvalue weighted by molar-refractivity contribution is 0.0735. The predicted molar refractivity (Wildman–Crippen MR) is 89.6 cm³/mol. The third kappa shape index (κ3) is 3.46. The zero-order chi connectivity index (χ0) is 14.8. The van der Waals surface area contributed by atoms with Crippen LogP contribution in [0.15, 0.2) is 0 Å². The van der Waals surface area contributed by atoms with Gasteiger partial charge in [-0.05, 0) is 63.6 Å². The number of rotatable bonds is 4. The molecule has 0 radical (unpaired) electrons. The van der Waals surface area contributed by atoms with Crippen LogP contribution < -0.4 is 5.32 Å². The van der Waals surface area contributed by atoms with Crippen molar-refractivity contribution in [3.63, 3.8) is 0 Å². The van der Waals surface area contributed by atoms with Gasteiger partial charge in [0.1, 0.15) is 0 Å². The topological polar surface area (TPSA) is 18.5 Å². The van der Waals surface area contributed by atoms with Crippen LogP contribution in [0.5, 0.6) is 0 Å². The molecular weight excluding hydrogens is 258 g/mol. The second kappa shape index (κ2) is 6.97. The first-order chi connectivity index (χ1) is 10.2. The molecule has 0 amide bonds. The fourth-order valence-electron chi connectivity index (χ4n) is 5.36. The minimum Gasteiger partial charge on any atom is -0.313 e. The number of likely N-dealkylation sites (N-methyl/N-ethyl adjacent to an activating group) is 1. The molecule has 1 saturated carbocycles. The van der Waals surface area contributed by atoms with Gasteiger partial charge in [0.25, 0.3) is 0 Å². The molecule has 5 atom stereocenters. The minimum atomic E-state index is 0.714. The van der Waals surface area contributed by atoms with Crippen LogP contribution >= 0.6 is 0 Å². The minimum absolute atomic E-state index is 0.714. The van der Waals surface area contributed by atoms with Crippen LogP contribution in [-0.2, 0) is 0 Å². The molecule has 0 aromatic rings. The van der Waals surface area contributed by atoms with E-state index in [0.717, 1.165) is 30.5 Å². The first-order valence-corrected chi connectivity index (χ1v) is 9.40. The molecule has 2 heterocycles. The highest BCUT2D eigenvalue weighted by Crippen LogP contribution is 2.35. The van der Waals surface area contributed by atoms with E-state index in [1.165, 1.54) is 58.3 Å². The summed E-state index contributed by atoms with van der Waals surface area (Å²) in [5, 5.41) is 3.80. The molecule has 5 unspecified atom stereocenters. The highest BCUT2D eigenvalue weighted by molar-refractivity contribution is 4.98. The molecular formula is C18H35N3. The maximum absolute atomic E-state index is 3.80. The van der Waals surface area contributed by atoms with Crippen LogP contribution in [0.2, 0.25) is 0 Å². The van der Waals surface area contributed by atoms with E-state index in [0.29, 0.717) is 6.04 Å². The molecule has 0 bridgehead atoms. The molecule has 0 aromatic heterocycles. The zero-order valence-electron chi connectivity index (χ0n) is 14.4. The van der Waals surface area contributed by atoms with Crippen LogP contribution in [0, 0.1) is 11.8 Å². The van der Waals surface area contributed by atoms with Crippen LogP contribution in [0.4, 0.5) is 0 Å². The van der Waals surface area contributed by atoms with E-state index in [-0.39, 0.29) is 0 Å². The smallest absolute Gasteiger partial charge is 0.0275 e. The van der Waals surface area contributed by atoms with Crippen molar-refractivity contribution in [2.75, 3.05) is 32.7 Å². The first-order valence-electron chi connectivity index (χ1n) is 9.40. The molecule has 21 heavy (non-hydrogen) atoms. The van der Waals surface area contributed by atoms with Crippen molar-refractivity contribution in [3.05, 3.63) is 0 Å². The van der Waals surface area contributed by atoms with Crippen molar-refractivity contribution in [2.24, 2.45) is 11.8 Å². The van der Waals surface area contributed by atoms with Gasteiger partial charge in [0.2, 0.25) is 0 Å². The number of likely N-dealkylation sites (tertiary alicyclic amines) is 2. The summed E-state index contributed by atoms with van der Waals surface area (Å²) in [5.74, 6) is 1.73. The van der Waals surface area contributed by atoms with Gasteiger partial charge in [0.15, 0.2) is 0 Å². The summed E-state index contributed by atoms with van der Waals surface area (Å²) in [7, 11) is 0. The summed E-state index contributed by atoms with van der Waals surface area (Å²) in [6.07, 6.45) is 7.03.